The van der Waals surface area contributed by atoms with Gasteiger partial charge in [0.25, 0.3) is 0 Å². The number of carbonyl (C=O) groups excluding carboxylic acids is 2. The zero-order chi connectivity index (χ0) is 19.4. The highest BCUT2D eigenvalue weighted by Crippen LogP contribution is 2.31. The maximum atomic E-state index is 12.3. The predicted molar refractivity (Wildman–Crippen MR) is 100.0 cm³/mol. The van der Waals surface area contributed by atoms with Crippen LogP contribution in [-0.4, -0.2) is 40.3 Å². The van der Waals surface area contributed by atoms with Crippen molar-refractivity contribution in [3.05, 3.63) is 42.4 Å². The summed E-state index contributed by atoms with van der Waals surface area (Å²) in [5.41, 5.74) is 8.36. The third kappa shape index (κ3) is 4.52. The fourth-order valence-corrected chi connectivity index (χ4v) is 2.74. The first kappa shape index (κ1) is 18.6. The molecule has 0 aliphatic carbocycles. The van der Waals surface area contributed by atoms with Crippen LogP contribution in [0.15, 0.2) is 36.5 Å². The number of amides is 2. The molecule has 2 heterocycles. The number of rotatable bonds is 1. The molecule has 1 aliphatic heterocycles. The van der Waals surface area contributed by atoms with Crippen LogP contribution in [0.3, 0.4) is 0 Å². The van der Waals surface area contributed by atoms with Gasteiger partial charge in [-0.05, 0) is 24.6 Å². The first-order valence-electron chi connectivity index (χ1n) is 8.40. The van der Waals surface area contributed by atoms with E-state index >= 15 is 0 Å². The lowest BCUT2D eigenvalue weighted by Crippen LogP contribution is -2.19. The summed E-state index contributed by atoms with van der Waals surface area (Å²) in [6.45, 7) is 0. The Morgan fingerprint density at radius 3 is 3.04 bits per heavy atom. The average molecular weight is 371 g/mol. The maximum Gasteiger partial charge on any atom is 0.411 e. The van der Waals surface area contributed by atoms with Gasteiger partial charge >= 0.3 is 6.09 Å². The number of benzene rings is 1. The number of aromatic amines is 1. The molecule has 1 aliphatic rings. The van der Waals surface area contributed by atoms with Crippen molar-refractivity contribution in [3.63, 3.8) is 0 Å². The predicted octanol–water partition coefficient (Wildman–Crippen LogP) is 1.90. The SMILES string of the molecule is COC(=O)Nc1ccc2c(c1)NC(=O)CC(O)/C=C\C[C@H](N)c1ncc-2[nH]1. The van der Waals surface area contributed by atoms with Crippen molar-refractivity contribution in [2.45, 2.75) is 25.0 Å². The second-order valence-electron chi connectivity index (χ2n) is 6.15. The quantitative estimate of drug-likeness (QED) is 0.485. The third-order valence-electron chi connectivity index (χ3n) is 4.11. The minimum Gasteiger partial charge on any atom is -0.453 e. The second-order valence-corrected chi connectivity index (χ2v) is 6.15. The number of hydrogen-bond donors (Lipinski definition) is 5. The number of aromatic nitrogens is 2. The number of aliphatic hydroxyl groups excluding tert-OH is 1. The van der Waals surface area contributed by atoms with Gasteiger partial charge in [0, 0.05) is 11.3 Å². The fourth-order valence-electron chi connectivity index (χ4n) is 2.74. The molecule has 0 saturated carbocycles. The number of imidazole rings is 1. The number of H-pyrrole nitrogens is 1. The van der Waals surface area contributed by atoms with Crippen molar-refractivity contribution >= 4 is 23.4 Å². The van der Waals surface area contributed by atoms with Gasteiger partial charge in [-0.15, -0.1) is 0 Å². The van der Waals surface area contributed by atoms with E-state index in [0.717, 1.165) is 0 Å². The van der Waals surface area contributed by atoms with Gasteiger partial charge in [-0.25, -0.2) is 9.78 Å². The maximum absolute atomic E-state index is 12.3. The number of ether oxygens (including phenoxy) is 1. The van der Waals surface area contributed by atoms with Crippen LogP contribution in [-0.2, 0) is 9.53 Å². The number of nitrogens with two attached hydrogens (primary N) is 1. The monoisotopic (exact) mass is 371 g/mol. The number of methoxy groups -OCH3 is 1. The summed E-state index contributed by atoms with van der Waals surface area (Å²) in [4.78, 5) is 31.2. The lowest BCUT2D eigenvalue weighted by Gasteiger charge is -2.13. The van der Waals surface area contributed by atoms with Crippen molar-refractivity contribution in [1.29, 1.82) is 0 Å². The number of hydrogen-bond acceptors (Lipinski definition) is 6. The van der Waals surface area contributed by atoms with E-state index in [1.54, 1.807) is 30.5 Å². The Morgan fingerprint density at radius 1 is 1.44 bits per heavy atom. The molecule has 2 amide bonds. The minimum atomic E-state index is -0.927. The van der Waals surface area contributed by atoms with Crippen molar-refractivity contribution in [1.82, 2.24) is 9.97 Å². The van der Waals surface area contributed by atoms with Gasteiger partial charge in [0.1, 0.15) is 5.82 Å². The Bertz CT molecular complexity index is 876. The molecule has 142 valence electrons. The van der Waals surface area contributed by atoms with Crippen molar-refractivity contribution in [3.8, 4) is 11.3 Å². The second kappa shape index (κ2) is 8.02. The molecule has 1 aromatic heterocycles. The average Bonchev–Trinajstić information content (AvgIpc) is 3.11. The Hall–Kier alpha value is -3.17. The van der Waals surface area contributed by atoms with Gasteiger partial charge in [0.15, 0.2) is 0 Å². The molecule has 0 saturated heterocycles. The van der Waals surface area contributed by atoms with E-state index in [1.165, 1.54) is 13.2 Å². The largest absolute Gasteiger partial charge is 0.453 e. The molecule has 9 heteroatoms. The van der Waals surface area contributed by atoms with Crippen LogP contribution in [0.5, 0.6) is 0 Å². The topological polar surface area (TPSA) is 142 Å². The fraction of sp³-hybridized carbons (Fsp3) is 0.278. The molecule has 0 radical (unpaired) electrons. The zero-order valence-corrected chi connectivity index (χ0v) is 14.7. The summed E-state index contributed by atoms with van der Waals surface area (Å²) in [5.74, 6) is 0.226. The van der Waals surface area contributed by atoms with Gasteiger partial charge in [0.05, 0.1) is 43.3 Å². The van der Waals surface area contributed by atoms with Gasteiger partial charge in [-0.3, -0.25) is 10.1 Å². The number of carbonyl (C=O) groups is 2. The Kier molecular flexibility index (Phi) is 5.53. The molecule has 27 heavy (non-hydrogen) atoms. The van der Waals surface area contributed by atoms with E-state index in [2.05, 4.69) is 25.3 Å². The van der Waals surface area contributed by atoms with Crippen LogP contribution in [0.25, 0.3) is 11.3 Å². The van der Waals surface area contributed by atoms with E-state index in [9.17, 15) is 14.7 Å². The Balaban J connectivity index is 2.02. The highest BCUT2D eigenvalue weighted by Gasteiger charge is 2.17. The van der Waals surface area contributed by atoms with Crippen molar-refractivity contribution in [2.75, 3.05) is 17.7 Å². The molecule has 1 aromatic carbocycles. The molecule has 0 fully saturated rings. The number of nitrogens with one attached hydrogen (secondary N) is 3. The molecule has 2 atom stereocenters. The van der Waals surface area contributed by atoms with E-state index in [0.29, 0.717) is 34.9 Å². The summed E-state index contributed by atoms with van der Waals surface area (Å²) in [6.07, 6.45) is 3.72. The number of fused-ring (bicyclic) bond motifs is 4. The molecule has 1 unspecified atom stereocenters. The molecular formula is C18H21N5O4. The van der Waals surface area contributed by atoms with Crippen molar-refractivity contribution in [2.24, 2.45) is 5.73 Å². The molecular weight excluding hydrogens is 350 g/mol. The van der Waals surface area contributed by atoms with Gasteiger partial charge in [-0.2, -0.15) is 0 Å². The van der Waals surface area contributed by atoms with Crippen LogP contribution in [0, 0.1) is 0 Å². The van der Waals surface area contributed by atoms with Crippen LogP contribution in [0.4, 0.5) is 16.2 Å². The third-order valence-corrected chi connectivity index (χ3v) is 4.11. The zero-order valence-electron chi connectivity index (χ0n) is 14.7. The first-order valence-corrected chi connectivity index (χ1v) is 8.40. The summed E-state index contributed by atoms with van der Waals surface area (Å²) in [5, 5.41) is 15.3. The Labute approximate surface area is 155 Å². The van der Waals surface area contributed by atoms with Crippen LogP contribution in [0.1, 0.15) is 24.7 Å². The molecule has 9 nitrogen and oxygen atoms in total. The lowest BCUT2D eigenvalue weighted by molar-refractivity contribution is -0.117. The molecule has 0 spiro atoms. The number of nitrogens with zero attached hydrogens (tertiary/aromatic N) is 1. The summed E-state index contributed by atoms with van der Waals surface area (Å²) < 4.78 is 4.59. The van der Waals surface area contributed by atoms with E-state index in [-0.39, 0.29) is 18.4 Å². The normalized spacial score (nSPS) is 20.9. The van der Waals surface area contributed by atoms with Crippen molar-refractivity contribution < 1.29 is 19.4 Å². The molecule has 2 bridgehead atoms. The minimum absolute atomic E-state index is 0.104. The summed E-state index contributed by atoms with van der Waals surface area (Å²) in [6, 6.07) is 4.65. The standard InChI is InChI=1S/C18H21N5O4/c1-27-18(26)21-10-5-6-12-14(7-10)22-16(25)8-11(24)3-2-4-13(19)17-20-9-15(12)23-17/h2-3,5-7,9,11,13,24H,4,8,19H2,1H3,(H,20,23)(H,21,26)(H,22,25)/b3-2-/t11?,13-/m0/s1. The Morgan fingerprint density at radius 2 is 2.26 bits per heavy atom. The highest BCUT2D eigenvalue weighted by atomic mass is 16.5. The van der Waals surface area contributed by atoms with Gasteiger partial charge in [0.2, 0.25) is 5.91 Å². The van der Waals surface area contributed by atoms with E-state index in [4.69, 9.17) is 5.73 Å². The van der Waals surface area contributed by atoms with Gasteiger partial charge in [-0.1, -0.05) is 12.2 Å². The number of aliphatic hydroxyl groups is 1. The van der Waals surface area contributed by atoms with Gasteiger partial charge < -0.3 is 25.9 Å². The van der Waals surface area contributed by atoms with Crippen LogP contribution in [0.2, 0.25) is 0 Å². The number of anilines is 2. The molecule has 2 aromatic rings. The van der Waals surface area contributed by atoms with E-state index < -0.39 is 12.2 Å². The molecule has 3 rings (SSSR count). The summed E-state index contributed by atoms with van der Waals surface area (Å²) >= 11 is 0. The lowest BCUT2D eigenvalue weighted by atomic mass is 10.1. The highest BCUT2D eigenvalue weighted by molar-refractivity contribution is 5.97. The van der Waals surface area contributed by atoms with Crippen LogP contribution >= 0.6 is 0 Å². The van der Waals surface area contributed by atoms with Crippen LogP contribution < -0.4 is 16.4 Å². The first-order chi connectivity index (χ1) is 13.0. The van der Waals surface area contributed by atoms with E-state index in [1.807, 2.05) is 0 Å². The smallest absolute Gasteiger partial charge is 0.411 e. The molecule has 6 N–H and O–H groups in total. The summed E-state index contributed by atoms with van der Waals surface area (Å²) in [7, 11) is 1.26.